The third-order valence-corrected chi connectivity index (χ3v) is 2.30. The van der Waals surface area contributed by atoms with Gasteiger partial charge in [0.05, 0.1) is 0 Å². The van der Waals surface area contributed by atoms with Crippen molar-refractivity contribution < 1.29 is 0 Å². The van der Waals surface area contributed by atoms with Gasteiger partial charge in [-0.05, 0) is 34.0 Å². The molecule has 12 heavy (non-hydrogen) atoms. The zero-order chi connectivity index (χ0) is 8.97. The molecule has 0 aromatic carbocycles. The van der Waals surface area contributed by atoms with E-state index >= 15 is 0 Å². The lowest BCUT2D eigenvalue weighted by atomic mass is 10.1. The highest BCUT2D eigenvalue weighted by Crippen LogP contribution is 2.10. The summed E-state index contributed by atoms with van der Waals surface area (Å²) in [5.41, 5.74) is 1.61. The fraction of sp³-hybridized carbons (Fsp3) is 0.800. The Labute approximate surface area is 75.8 Å². The molecule has 1 rings (SSSR count). The van der Waals surface area contributed by atoms with Gasteiger partial charge in [-0.15, -0.1) is 0 Å². The lowest BCUT2D eigenvalue weighted by molar-refractivity contribution is 0.339. The number of nitrogens with zero attached hydrogens (tertiary/aromatic N) is 2. The Morgan fingerprint density at radius 1 is 1.50 bits per heavy atom. The first-order chi connectivity index (χ1) is 5.68. The second kappa shape index (κ2) is 4.63. The fourth-order valence-electron chi connectivity index (χ4n) is 1.53. The minimum absolute atomic E-state index is 1.17. The average Bonchev–Trinajstić information content (AvgIpc) is 2.01. The quantitative estimate of drug-likeness (QED) is 0.584. The predicted octanol–water partition coefficient (Wildman–Crippen LogP) is 1.20. The Morgan fingerprint density at radius 2 is 2.25 bits per heavy atom. The van der Waals surface area contributed by atoms with Gasteiger partial charge < -0.3 is 9.80 Å². The molecule has 0 aromatic heterocycles. The van der Waals surface area contributed by atoms with Crippen LogP contribution in [0.4, 0.5) is 0 Å². The summed E-state index contributed by atoms with van der Waals surface area (Å²) < 4.78 is 0. The van der Waals surface area contributed by atoms with Crippen LogP contribution >= 0.6 is 0 Å². The molecule has 0 saturated carbocycles. The van der Waals surface area contributed by atoms with Gasteiger partial charge in [-0.1, -0.05) is 11.6 Å². The molecule has 0 unspecified atom stereocenters. The van der Waals surface area contributed by atoms with Gasteiger partial charge >= 0.3 is 0 Å². The SMILES string of the molecule is CN(C)CCC1=CCCN(C)C1. The summed E-state index contributed by atoms with van der Waals surface area (Å²) >= 11 is 0. The summed E-state index contributed by atoms with van der Waals surface area (Å²) in [5, 5.41) is 0. The van der Waals surface area contributed by atoms with Gasteiger partial charge in [-0.25, -0.2) is 0 Å². The van der Waals surface area contributed by atoms with E-state index in [-0.39, 0.29) is 0 Å². The molecule has 0 radical (unpaired) electrons. The average molecular weight is 168 g/mol. The lowest BCUT2D eigenvalue weighted by Gasteiger charge is -2.23. The Morgan fingerprint density at radius 3 is 2.83 bits per heavy atom. The molecule has 2 nitrogen and oxygen atoms in total. The van der Waals surface area contributed by atoms with E-state index in [2.05, 4.69) is 37.0 Å². The Kier molecular flexibility index (Phi) is 3.76. The van der Waals surface area contributed by atoms with Crippen LogP contribution in [-0.4, -0.2) is 50.6 Å². The van der Waals surface area contributed by atoms with Crippen LogP contribution in [0, 0.1) is 0 Å². The van der Waals surface area contributed by atoms with Crippen LogP contribution in [0.15, 0.2) is 11.6 Å². The number of likely N-dealkylation sites (N-methyl/N-ethyl adjacent to an activating group) is 1. The molecule has 2 heteroatoms. The van der Waals surface area contributed by atoms with Gasteiger partial charge in [0.2, 0.25) is 0 Å². The minimum Gasteiger partial charge on any atom is -0.309 e. The molecule has 0 spiro atoms. The zero-order valence-corrected chi connectivity index (χ0v) is 8.51. The van der Waals surface area contributed by atoms with Gasteiger partial charge in [0.15, 0.2) is 0 Å². The van der Waals surface area contributed by atoms with Crippen molar-refractivity contribution >= 4 is 0 Å². The first kappa shape index (κ1) is 9.75. The van der Waals surface area contributed by atoms with Gasteiger partial charge in [0.25, 0.3) is 0 Å². The van der Waals surface area contributed by atoms with E-state index in [9.17, 15) is 0 Å². The second-order valence-corrected chi connectivity index (χ2v) is 3.94. The summed E-state index contributed by atoms with van der Waals surface area (Å²) in [6, 6.07) is 0. The maximum absolute atomic E-state index is 2.41. The van der Waals surface area contributed by atoms with Crippen LogP contribution in [0.5, 0.6) is 0 Å². The smallest absolute Gasteiger partial charge is 0.0190 e. The summed E-state index contributed by atoms with van der Waals surface area (Å²) in [6.45, 7) is 3.58. The molecular weight excluding hydrogens is 148 g/mol. The standard InChI is InChI=1S/C10H20N2/c1-11(2)8-6-10-5-4-7-12(3)9-10/h5H,4,6-9H2,1-3H3. The van der Waals surface area contributed by atoms with Crippen molar-refractivity contribution in [1.29, 1.82) is 0 Å². The summed E-state index contributed by atoms with van der Waals surface area (Å²) in [7, 11) is 6.46. The highest BCUT2D eigenvalue weighted by atomic mass is 15.1. The molecule has 0 amide bonds. The van der Waals surface area contributed by atoms with Crippen LogP contribution < -0.4 is 0 Å². The number of rotatable bonds is 3. The molecule has 0 atom stereocenters. The van der Waals surface area contributed by atoms with Crippen LogP contribution in [0.2, 0.25) is 0 Å². The van der Waals surface area contributed by atoms with Crippen molar-refractivity contribution in [2.45, 2.75) is 12.8 Å². The van der Waals surface area contributed by atoms with Crippen molar-refractivity contribution in [3.63, 3.8) is 0 Å². The maximum Gasteiger partial charge on any atom is 0.0190 e. The maximum atomic E-state index is 2.41. The molecule has 0 fully saturated rings. The van der Waals surface area contributed by atoms with Crippen molar-refractivity contribution in [3.8, 4) is 0 Å². The van der Waals surface area contributed by atoms with Crippen LogP contribution in [0.1, 0.15) is 12.8 Å². The van der Waals surface area contributed by atoms with E-state index in [1.807, 2.05) is 0 Å². The molecule has 70 valence electrons. The molecule has 0 bridgehead atoms. The number of hydrogen-bond donors (Lipinski definition) is 0. The van der Waals surface area contributed by atoms with Gasteiger partial charge in [0.1, 0.15) is 0 Å². The first-order valence-electron chi connectivity index (χ1n) is 4.69. The summed E-state index contributed by atoms with van der Waals surface area (Å²) in [4.78, 5) is 4.64. The van der Waals surface area contributed by atoms with E-state index in [4.69, 9.17) is 0 Å². The zero-order valence-electron chi connectivity index (χ0n) is 8.51. The number of hydrogen-bond acceptors (Lipinski definition) is 2. The van der Waals surface area contributed by atoms with Crippen molar-refractivity contribution in [2.24, 2.45) is 0 Å². The van der Waals surface area contributed by atoms with Crippen LogP contribution in [0.3, 0.4) is 0 Å². The van der Waals surface area contributed by atoms with E-state index < -0.39 is 0 Å². The highest BCUT2D eigenvalue weighted by Gasteiger charge is 2.07. The molecule has 0 N–H and O–H groups in total. The monoisotopic (exact) mass is 168 g/mol. The van der Waals surface area contributed by atoms with E-state index in [1.54, 1.807) is 5.57 Å². The minimum atomic E-state index is 1.17. The molecule has 1 aliphatic heterocycles. The molecule has 1 heterocycles. The van der Waals surface area contributed by atoms with E-state index in [1.165, 1.54) is 32.5 Å². The largest absolute Gasteiger partial charge is 0.309 e. The van der Waals surface area contributed by atoms with Gasteiger partial charge in [-0.3, -0.25) is 0 Å². The van der Waals surface area contributed by atoms with Crippen LogP contribution in [-0.2, 0) is 0 Å². The third-order valence-electron chi connectivity index (χ3n) is 2.30. The van der Waals surface area contributed by atoms with Crippen LogP contribution in [0.25, 0.3) is 0 Å². The Bertz CT molecular complexity index is 161. The van der Waals surface area contributed by atoms with Crippen molar-refractivity contribution in [2.75, 3.05) is 40.8 Å². The summed E-state index contributed by atoms with van der Waals surface area (Å²) in [5.74, 6) is 0. The highest BCUT2D eigenvalue weighted by molar-refractivity contribution is 5.07. The lowest BCUT2D eigenvalue weighted by Crippen LogP contribution is -2.27. The molecule has 1 aliphatic rings. The van der Waals surface area contributed by atoms with Gasteiger partial charge in [-0.2, -0.15) is 0 Å². The Hall–Kier alpha value is -0.340. The van der Waals surface area contributed by atoms with Crippen molar-refractivity contribution in [1.82, 2.24) is 9.80 Å². The Balaban J connectivity index is 2.27. The van der Waals surface area contributed by atoms with E-state index in [0.29, 0.717) is 0 Å². The second-order valence-electron chi connectivity index (χ2n) is 3.94. The predicted molar refractivity (Wildman–Crippen MR) is 53.4 cm³/mol. The molecule has 0 aromatic rings. The topological polar surface area (TPSA) is 6.48 Å². The normalized spacial score (nSPS) is 19.8. The molecule has 0 aliphatic carbocycles. The summed E-state index contributed by atoms with van der Waals surface area (Å²) in [6.07, 6.45) is 4.88. The molecular formula is C10H20N2. The van der Waals surface area contributed by atoms with Gasteiger partial charge in [0, 0.05) is 19.6 Å². The third kappa shape index (κ3) is 3.37. The van der Waals surface area contributed by atoms with E-state index in [0.717, 1.165) is 0 Å². The first-order valence-corrected chi connectivity index (χ1v) is 4.69. The van der Waals surface area contributed by atoms with Crippen molar-refractivity contribution in [3.05, 3.63) is 11.6 Å². The molecule has 0 saturated heterocycles. The fourth-order valence-corrected chi connectivity index (χ4v) is 1.53.